The summed E-state index contributed by atoms with van der Waals surface area (Å²) in [5.41, 5.74) is 0.813. The fraction of sp³-hybridized carbons (Fsp3) is 0.333. The van der Waals surface area contributed by atoms with E-state index in [1.54, 1.807) is 6.26 Å². The maximum absolute atomic E-state index is 6.13. The first kappa shape index (κ1) is 15.4. The lowest BCUT2D eigenvalue weighted by Gasteiger charge is -2.16. The van der Waals surface area contributed by atoms with Crippen LogP contribution in [0.4, 0.5) is 5.82 Å². The number of likely N-dealkylation sites (tertiary alicyclic amines) is 1. The van der Waals surface area contributed by atoms with Gasteiger partial charge in [0.2, 0.25) is 0 Å². The summed E-state index contributed by atoms with van der Waals surface area (Å²) >= 11 is 6.13. The van der Waals surface area contributed by atoms with Gasteiger partial charge in [0.1, 0.15) is 5.82 Å². The van der Waals surface area contributed by atoms with Gasteiger partial charge >= 0.3 is 0 Å². The first-order valence-corrected chi connectivity index (χ1v) is 8.65. The Labute approximate surface area is 145 Å². The van der Waals surface area contributed by atoms with Gasteiger partial charge in [-0.15, -0.1) is 0 Å². The van der Waals surface area contributed by atoms with E-state index in [9.17, 15) is 0 Å². The van der Waals surface area contributed by atoms with E-state index in [0.29, 0.717) is 16.6 Å². The minimum absolute atomic E-state index is 0.568. The van der Waals surface area contributed by atoms with Crippen molar-refractivity contribution in [3.63, 3.8) is 0 Å². The summed E-state index contributed by atoms with van der Waals surface area (Å²) in [5, 5.41) is 5.09. The third-order valence-electron chi connectivity index (χ3n) is 4.32. The lowest BCUT2D eigenvalue weighted by atomic mass is 10.2. The van der Waals surface area contributed by atoms with Crippen molar-refractivity contribution in [3.05, 3.63) is 41.6 Å². The second-order valence-corrected chi connectivity index (χ2v) is 6.45. The molecule has 0 amide bonds. The zero-order valence-electron chi connectivity index (χ0n) is 13.3. The Kier molecular flexibility index (Phi) is 4.36. The molecule has 3 heterocycles. The minimum Gasteiger partial charge on any atom is -0.461 e. The largest absolute Gasteiger partial charge is 0.461 e. The molecule has 1 N–H and O–H groups in total. The van der Waals surface area contributed by atoms with Gasteiger partial charge in [0.15, 0.2) is 11.6 Å². The Bertz CT molecular complexity index is 828. The van der Waals surface area contributed by atoms with Gasteiger partial charge in [-0.1, -0.05) is 11.6 Å². The Balaban J connectivity index is 1.63. The zero-order valence-corrected chi connectivity index (χ0v) is 14.1. The van der Waals surface area contributed by atoms with E-state index < -0.39 is 0 Å². The van der Waals surface area contributed by atoms with Crippen LogP contribution in [0.5, 0.6) is 0 Å². The van der Waals surface area contributed by atoms with Gasteiger partial charge < -0.3 is 14.6 Å². The molecular formula is C18H19ClN4O. The van der Waals surface area contributed by atoms with Gasteiger partial charge in [-0.05, 0) is 56.3 Å². The molecule has 124 valence electrons. The van der Waals surface area contributed by atoms with Gasteiger partial charge in [-0.25, -0.2) is 9.97 Å². The van der Waals surface area contributed by atoms with E-state index >= 15 is 0 Å². The molecule has 1 aliphatic heterocycles. The predicted octanol–water partition coefficient (Wildman–Crippen LogP) is 4.05. The van der Waals surface area contributed by atoms with Crippen molar-refractivity contribution in [1.82, 2.24) is 14.9 Å². The predicted molar refractivity (Wildman–Crippen MR) is 96.4 cm³/mol. The van der Waals surface area contributed by atoms with E-state index in [-0.39, 0.29) is 0 Å². The summed E-state index contributed by atoms with van der Waals surface area (Å²) in [7, 11) is 0. The molecule has 6 heteroatoms. The smallest absolute Gasteiger partial charge is 0.198 e. The molecule has 0 aliphatic carbocycles. The number of rotatable bonds is 5. The molecule has 24 heavy (non-hydrogen) atoms. The van der Waals surface area contributed by atoms with Gasteiger partial charge in [-0.2, -0.15) is 0 Å². The van der Waals surface area contributed by atoms with Crippen LogP contribution in [0.25, 0.3) is 22.5 Å². The number of anilines is 1. The molecule has 1 saturated heterocycles. The lowest BCUT2D eigenvalue weighted by Crippen LogP contribution is -2.26. The third kappa shape index (κ3) is 3.23. The van der Waals surface area contributed by atoms with Crippen LogP contribution in [0.1, 0.15) is 12.8 Å². The normalized spacial score (nSPS) is 15.2. The van der Waals surface area contributed by atoms with Crippen LogP contribution in [0.15, 0.2) is 41.0 Å². The second-order valence-electron chi connectivity index (χ2n) is 6.01. The van der Waals surface area contributed by atoms with Gasteiger partial charge in [-0.3, -0.25) is 0 Å². The molecule has 0 unspecified atom stereocenters. The highest BCUT2D eigenvalue weighted by atomic mass is 35.5. The van der Waals surface area contributed by atoms with E-state index in [1.807, 2.05) is 30.3 Å². The molecule has 2 aromatic heterocycles. The fourth-order valence-corrected chi connectivity index (χ4v) is 3.26. The molecule has 0 atom stereocenters. The number of fused-ring (bicyclic) bond motifs is 1. The van der Waals surface area contributed by atoms with Crippen LogP contribution >= 0.6 is 11.6 Å². The molecule has 0 radical (unpaired) electrons. The van der Waals surface area contributed by atoms with Crippen LogP contribution < -0.4 is 5.32 Å². The molecule has 1 aliphatic rings. The first-order valence-electron chi connectivity index (χ1n) is 8.27. The van der Waals surface area contributed by atoms with Crippen LogP contribution in [0.2, 0.25) is 5.02 Å². The number of nitrogens with zero attached hydrogens (tertiary/aromatic N) is 3. The maximum Gasteiger partial charge on any atom is 0.198 e. The summed E-state index contributed by atoms with van der Waals surface area (Å²) < 4.78 is 5.45. The number of halogens is 1. The quantitative estimate of drug-likeness (QED) is 0.758. The number of furan rings is 1. The van der Waals surface area contributed by atoms with E-state index in [0.717, 1.165) is 29.8 Å². The van der Waals surface area contributed by atoms with Gasteiger partial charge in [0, 0.05) is 23.5 Å². The van der Waals surface area contributed by atoms with Crippen LogP contribution in [-0.4, -0.2) is 41.0 Å². The second kappa shape index (κ2) is 6.79. The molecule has 4 rings (SSSR count). The number of aromatic nitrogens is 2. The molecule has 5 nitrogen and oxygen atoms in total. The number of benzene rings is 1. The summed E-state index contributed by atoms with van der Waals surface area (Å²) in [5.74, 6) is 2.04. The lowest BCUT2D eigenvalue weighted by molar-refractivity contribution is 0.352. The number of nitrogens with one attached hydrogen (secondary N) is 1. The van der Waals surface area contributed by atoms with Crippen molar-refractivity contribution in [1.29, 1.82) is 0 Å². The summed E-state index contributed by atoms with van der Waals surface area (Å²) in [6.07, 6.45) is 4.23. The highest BCUT2D eigenvalue weighted by Gasteiger charge is 2.13. The Morgan fingerprint density at radius 1 is 1.17 bits per heavy atom. The topological polar surface area (TPSA) is 54.2 Å². The highest BCUT2D eigenvalue weighted by Crippen LogP contribution is 2.27. The van der Waals surface area contributed by atoms with Crippen molar-refractivity contribution in [2.24, 2.45) is 0 Å². The molecule has 0 bridgehead atoms. The molecule has 0 saturated carbocycles. The highest BCUT2D eigenvalue weighted by molar-refractivity contribution is 6.31. The van der Waals surface area contributed by atoms with Gasteiger partial charge in [0.25, 0.3) is 0 Å². The van der Waals surface area contributed by atoms with Crippen molar-refractivity contribution in [2.75, 3.05) is 31.5 Å². The summed E-state index contributed by atoms with van der Waals surface area (Å²) in [6.45, 7) is 4.26. The molecule has 1 fully saturated rings. The first-order chi connectivity index (χ1) is 11.8. The van der Waals surface area contributed by atoms with E-state index in [4.69, 9.17) is 16.0 Å². The van der Waals surface area contributed by atoms with Crippen molar-refractivity contribution in [3.8, 4) is 11.6 Å². The minimum atomic E-state index is 0.568. The zero-order chi connectivity index (χ0) is 16.4. The average Bonchev–Trinajstić information content (AvgIpc) is 3.28. The number of hydrogen-bond donors (Lipinski definition) is 1. The van der Waals surface area contributed by atoms with Crippen LogP contribution in [-0.2, 0) is 0 Å². The van der Waals surface area contributed by atoms with Gasteiger partial charge in [0.05, 0.1) is 11.8 Å². The summed E-state index contributed by atoms with van der Waals surface area (Å²) in [4.78, 5) is 11.7. The Hall–Kier alpha value is -2.11. The molecule has 3 aromatic rings. The van der Waals surface area contributed by atoms with Crippen LogP contribution in [0.3, 0.4) is 0 Å². The monoisotopic (exact) mass is 342 g/mol. The average molecular weight is 343 g/mol. The van der Waals surface area contributed by atoms with Crippen LogP contribution in [0, 0.1) is 0 Å². The maximum atomic E-state index is 6.13. The van der Waals surface area contributed by atoms with Crippen molar-refractivity contribution >= 4 is 28.3 Å². The molecule has 1 aromatic carbocycles. The fourth-order valence-electron chi connectivity index (χ4n) is 3.09. The Morgan fingerprint density at radius 2 is 2.04 bits per heavy atom. The molecule has 0 spiro atoms. The SMILES string of the molecule is Clc1ccc2c(NCCN3CCCC3)nc(-c3ccco3)nc2c1. The standard InChI is InChI=1S/C18H19ClN4O/c19-13-5-6-14-15(12-13)21-18(16-4-3-11-24-16)22-17(14)20-7-10-23-8-1-2-9-23/h3-6,11-12H,1-2,7-10H2,(H,20,21,22). The number of hydrogen-bond acceptors (Lipinski definition) is 5. The van der Waals surface area contributed by atoms with E-state index in [2.05, 4.69) is 20.2 Å². The Morgan fingerprint density at radius 3 is 2.83 bits per heavy atom. The van der Waals surface area contributed by atoms with Crippen molar-refractivity contribution < 1.29 is 4.42 Å². The molecular weight excluding hydrogens is 324 g/mol. The third-order valence-corrected chi connectivity index (χ3v) is 4.55. The van der Waals surface area contributed by atoms with Crippen molar-refractivity contribution in [2.45, 2.75) is 12.8 Å². The van der Waals surface area contributed by atoms with E-state index in [1.165, 1.54) is 25.9 Å². The summed E-state index contributed by atoms with van der Waals surface area (Å²) in [6, 6.07) is 9.38.